The molecule has 1 amide bonds. The summed E-state index contributed by atoms with van der Waals surface area (Å²) in [6.45, 7) is 4.94. The van der Waals surface area contributed by atoms with E-state index < -0.39 is 5.97 Å². The van der Waals surface area contributed by atoms with Crippen LogP contribution in [0.2, 0.25) is 0 Å². The molecule has 8 heteroatoms. The van der Waals surface area contributed by atoms with Crippen LogP contribution >= 0.6 is 0 Å². The number of aromatic nitrogens is 2. The van der Waals surface area contributed by atoms with Gasteiger partial charge in [0.05, 0.1) is 30.6 Å². The highest BCUT2D eigenvalue weighted by molar-refractivity contribution is 5.82. The van der Waals surface area contributed by atoms with E-state index in [1.54, 1.807) is 17.9 Å². The highest BCUT2D eigenvalue weighted by Crippen LogP contribution is 2.40. The van der Waals surface area contributed by atoms with Gasteiger partial charge in [0, 0.05) is 24.1 Å². The Hall–Kier alpha value is -3.42. The summed E-state index contributed by atoms with van der Waals surface area (Å²) in [6.07, 6.45) is 3.84. The predicted octanol–water partition coefficient (Wildman–Crippen LogP) is 5.77. The lowest BCUT2D eigenvalue weighted by atomic mass is 9.81. The van der Waals surface area contributed by atoms with Crippen LogP contribution in [0.3, 0.4) is 0 Å². The fourth-order valence-corrected chi connectivity index (χ4v) is 6.04. The van der Waals surface area contributed by atoms with Crippen molar-refractivity contribution in [2.75, 3.05) is 13.7 Å². The molecule has 196 valence electrons. The summed E-state index contributed by atoms with van der Waals surface area (Å²) in [5, 5.41) is 9.49. The van der Waals surface area contributed by atoms with Crippen LogP contribution in [0.4, 0.5) is 9.18 Å². The van der Waals surface area contributed by atoms with E-state index in [4.69, 9.17) is 9.72 Å². The molecule has 1 aliphatic heterocycles. The van der Waals surface area contributed by atoms with Gasteiger partial charge < -0.3 is 19.3 Å². The molecular weight excluding hydrogens is 473 g/mol. The minimum Gasteiger partial charge on any atom is -0.481 e. The fourth-order valence-electron chi connectivity index (χ4n) is 6.04. The van der Waals surface area contributed by atoms with Crippen molar-refractivity contribution >= 4 is 23.1 Å². The Morgan fingerprint density at radius 3 is 2.62 bits per heavy atom. The van der Waals surface area contributed by atoms with Gasteiger partial charge in [-0.25, -0.2) is 14.2 Å². The van der Waals surface area contributed by atoms with Gasteiger partial charge in [0.2, 0.25) is 0 Å². The van der Waals surface area contributed by atoms with Gasteiger partial charge in [0.25, 0.3) is 0 Å². The second-order valence-corrected chi connectivity index (χ2v) is 10.6. The lowest BCUT2D eigenvalue weighted by Gasteiger charge is -2.28. The molecule has 0 spiro atoms. The number of ether oxygens (including phenoxy) is 1. The zero-order chi connectivity index (χ0) is 26.3. The zero-order valence-corrected chi connectivity index (χ0v) is 21.7. The lowest BCUT2D eigenvalue weighted by molar-refractivity contribution is -0.142. The first-order valence-electron chi connectivity index (χ1n) is 13.1. The van der Waals surface area contributed by atoms with Crippen molar-refractivity contribution in [3.8, 4) is 0 Å². The Labute approximate surface area is 216 Å². The molecule has 1 atom stereocenters. The summed E-state index contributed by atoms with van der Waals surface area (Å²) in [7, 11) is 1.40. The van der Waals surface area contributed by atoms with Gasteiger partial charge in [-0.3, -0.25) is 4.79 Å². The number of aliphatic carboxylic acids is 1. The first-order valence-corrected chi connectivity index (χ1v) is 13.1. The summed E-state index contributed by atoms with van der Waals surface area (Å²) in [6, 6.07) is 9.66. The van der Waals surface area contributed by atoms with Crippen molar-refractivity contribution in [3.63, 3.8) is 0 Å². The number of benzene rings is 2. The molecule has 1 aliphatic carbocycles. The second-order valence-electron chi connectivity index (χ2n) is 10.6. The molecule has 2 aromatic carbocycles. The zero-order valence-electron chi connectivity index (χ0n) is 21.7. The van der Waals surface area contributed by atoms with E-state index in [0.29, 0.717) is 37.9 Å². The molecule has 1 N–H and O–H groups in total. The molecule has 7 nitrogen and oxygen atoms in total. The number of hydrogen-bond donors (Lipinski definition) is 1. The fraction of sp³-hybridized carbons (Fsp3) is 0.483. The second kappa shape index (κ2) is 10.1. The normalized spacial score (nSPS) is 20.5. The van der Waals surface area contributed by atoms with Gasteiger partial charge in [-0.2, -0.15) is 0 Å². The number of amides is 1. The van der Waals surface area contributed by atoms with E-state index in [1.165, 1.54) is 12.7 Å². The third kappa shape index (κ3) is 4.81. The van der Waals surface area contributed by atoms with Crippen LogP contribution in [-0.4, -0.2) is 45.3 Å². The van der Waals surface area contributed by atoms with Crippen molar-refractivity contribution in [1.82, 2.24) is 14.5 Å². The summed E-state index contributed by atoms with van der Waals surface area (Å²) < 4.78 is 21.6. The number of aryl methyl sites for hydroxylation is 1. The molecular formula is C29H34FN3O4. The number of nitrogens with zero attached hydrogens (tertiary/aromatic N) is 3. The SMILES string of the molecule is COC(=O)N1CCc2ccc3c(nc([C@H]4CC[C@H](C(=O)O)CC4)n3[C@H](C)Cc3ccc(C)c(F)c3)c2C1. The maximum Gasteiger partial charge on any atom is 0.409 e. The summed E-state index contributed by atoms with van der Waals surface area (Å²) in [5.74, 6) is -0.120. The van der Waals surface area contributed by atoms with Crippen LogP contribution < -0.4 is 0 Å². The smallest absolute Gasteiger partial charge is 0.409 e. The van der Waals surface area contributed by atoms with Crippen molar-refractivity contribution in [3.05, 3.63) is 64.2 Å². The van der Waals surface area contributed by atoms with Crippen LogP contribution in [0.25, 0.3) is 11.0 Å². The average Bonchev–Trinajstić information content (AvgIpc) is 3.30. The average molecular weight is 508 g/mol. The van der Waals surface area contributed by atoms with Gasteiger partial charge in [-0.05, 0) is 81.2 Å². The first-order chi connectivity index (χ1) is 17.8. The quantitative estimate of drug-likeness (QED) is 0.474. The van der Waals surface area contributed by atoms with E-state index in [-0.39, 0.29) is 29.8 Å². The molecule has 0 saturated heterocycles. The van der Waals surface area contributed by atoms with E-state index in [0.717, 1.165) is 47.2 Å². The molecule has 0 radical (unpaired) electrons. The third-order valence-electron chi connectivity index (χ3n) is 8.17. The van der Waals surface area contributed by atoms with Crippen LogP contribution in [0, 0.1) is 18.7 Å². The minimum atomic E-state index is -0.723. The number of hydrogen-bond acceptors (Lipinski definition) is 4. The number of carboxylic acids is 1. The largest absolute Gasteiger partial charge is 0.481 e. The number of halogens is 1. The number of carbonyl (C=O) groups is 2. The number of rotatable bonds is 5. The molecule has 1 fully saturated rings. The molecule has 3 aromatic rings. The van der Waals surface area contributed by atoms with Crippen LogP contribution in [0.1, 0.15) is 72.6 Å². The van der Waals surface area contributed by atoms with Crippen molar-refractivity contribution < 1.29 is 23.8 Å². The number of methoxy groups -OCH3 is 1. The van der Waals surface area contributed by atoms with Crippen LogP contribution in [0.5, 0.6) is 0 Å². The molecule has 37 heavy (non-hydrogen) atoms. The summed E-state index contributed by atoms with van der Waals surface area (Å²) in [4.78, 5) is 30.7. The molecule has 1 aromatic heterocycles. The number of carboxylic acid groups (broad SMARTS) is 1. The Balaban J connectivity index is 1.56. The molecule has 1 saturated carbocycles. The maximum absolute atomic E-state index is 14.3. The highest BCUT2D eigenvalue weighted by atomic mass is 19.1. The van der Waals surface area contributed by atoms with E-state index in [9.17, 15) is 19.1 Å². The Bertz CT molecular complexity index is 1340. The van der Waals surface area contributed by atoms with Crippen molar-refractivity contribution in [2.24, 2.45) is 5.92 Å². The molecule has 0 unspecified atom stereocenters. The Kier molecular flexibility index (Phi) is 6.92. The minimum absolute atomic E-state index is 0.0117. The van der Waals surface area contributed by atoms with Gasteiger partial charge in [0.15, 0.2) is 0 Å². The number of imidazole rings is 1. The monoisotopic (exact) mass is 507 g/mol. The molecule has 0 bridgehead atoms. The van der Waals surface area contributed by atoms with Gasteiger partial charge in [-0.1, -0.05) is 18.2 Å². The molecule has 5 rings (SSSR count). The first kappa shape index (κ1) is 25.2. The summed E-state index contributed by atoms with van der Waals surface area (Å²) in [5.41, 5.74) is 5.67. The predicted molar refractivity (Wildman–Crippen MR) is 138 cm³/mol. The molecule has 2 heterocycles. The highest BCUT2D eigenvalue weighted by Gasteiger charge is 2.32. The lowest BCUT2D eigenvalue weighted by Crippen LogP contribution is -2.35. The standard InChI is InChI=1S/C29H34FN3O4/c1-17-4-5-19(15-24(17)30)14-18(2)33-25-11-10-20-12-13-32(29(36)37-3)16-23(20)26(25)31-27(33)21-6-8-22(9-7-21)28(34)35/h4-5,10-11,15,18,21-22H,6-9,12-14,16H2,1-3H3,(H,34,35)/t18-,21-,22-/m1/s1. The van der Waals surface area contributed by atoms with E-state index in [1.807, 2.05) is 12.1 Å². The van der Waals surface area contributed by atoms with E-state index >= 15 is 0 Å². The Morgan fingerprint density at radius 1 is 1.19 bits per heavy atom. The number of fused-ring (bicyclic) bond motifs is 3. The summed E-state index contributed by atoms with van der Waals surface area (Å²) >= 11 is 0. The van der Waals surface area contributed by atoms with Crippen molar-refractivity contribution in [1.29, 1.82) is 0 Å². The third-order valence-corrected chi connectivity index (χ3v) is 8.17. The van der Waals surface area contributed by atoms with Gasteiger partial charge in [0.1, 0.15) is 11.6 Å². The van der Waals surface area contributed by atoms with Gasteiger partial charge >= 0.3 is 12.1 Å². The maximum atomic E-state index is 14.3. The number of carbonyl (C=O) groups excluding carboxylic acids is 1. The van der Waals surface area contributed by atoms with Crippen molar-refractivity contribution in [2.45, 2.75) is 70.9 Å². The van der Waals surface area contributed by atoms with Crippen LogP contribution in [-0.2, 0) is 28.9 Å². The van der Waals surface area contributed by atoms with Crippen LogP contribution in [0.15, 0.2) is 30.3 Å². The topological polar surface area (TPSA) is 84.7 Å². The Morgan fingerprint density at radius 2 is 1.95 bits per heavy atom. The van der Waals surface area contributed by atoms with E-state index in [2.05, 4.69) is 23.6 Å². The molecule has 2 aliphatic rings. The van der Waals surface area contributed by atoms with Gasteiger partial charge in [-0.15, -0.1) is 0 Å².